The van der Waals surface area contributed by atoms with Gasteiger partial charge in [-0.1, -0.05) is 0 Å². The van der Waals surface area contributed by atoms with E-state index in [1.165, 1.54) is 22.1 Å². The fraction of sp³-hybridized carbons (Fsp3) is 0.208. The third-order valence-corrected chi connectivity index (χ3v) is 7.53. The van der Waals surface area contributed by atoms with Crippen LogP contribution < -0.4 is 5.32 Å². The molecule has 3 amide bonds. The molecule has 4 rings (SSSR count). The van der Waals surface area contributed by atoms with Crippen molar-refractivity contribution in [3.8, 4) is 0 Å². The minimum Gasteiger partial charge on any atom is -0.459 e. The predicted octanol–water partition coefficient (Wildman–Crippen LogP) is 2.07. The number of piperazine rings is 1. The highest BCUT2D eigenvalue weighted by Crippen LogP contribution is 2.19. The molecule has 1 aliphatic rings. The molecular formula is C24H21F2N3O6S. The van der Waals surface area contributed by atoms with E-state index in [-0.39, 0.29) is 48.3 Å². The fourth-order valence-corrected chi connectivity index (χ4v) is 5.15. The van der Waals surface area contributed by atoms with E-state index < -0.39 is 38.7 Å². The second kappa shape index (κ2) is 10.3. The summed E-state index contributed by atoms with van der Waals surface area (Å²) in [6.07, 6.45) is 1.36. The average Bonchev–Trinajstić information content (AvgIpc) is 3.42. The smallest absolute Gasteiger partial charge is 0.289 e. The van der Waals surface area contributed by atoms with Gasteiger partial charge in [-0.05, 0) is 60.7 Å². The summed E-state index contributed by atoms with van der Waals surface area (Å²) in [5, 5.41) is 0.195. The third-order valence-electron chi connectivity index (χ3n) is 5.66. The van der Waals surface area contributed by atoms with Gasteiger partial charge in [0.15, 0.2) is 5.76 Å². The summed E-state index contributed by atoms with van der Waals surface area (Å²) in [5.41, 5.74) is -0.0580. The van der Waals surface area contributed by atoms with Crippen molar-refractivity contribution in [3.05, 3.63) is 89.9 Å². The molecule has 0 spiro atoms. The van der Waals surface area contributed by atoms with Gasteiger partial charge in [0.25, 0.3) is 17.7 Å². The molecule has 1 aromatic heterocycles. The Morgan fingerprint density at radius 2 is 1.39 bits per heavy atom. The lowest BCUT2D eigenvalue weighted by Crippen LogP contribution is -2.57. The first-order valence-corrected chi connectivity index (χ1v) is 12.4. The molecule has 188 valence electrons. The van der Waals surface area contributed by atoms with Crippen molar-refractivity contribution in [2.45, 2.75) is 10.3 Å². The second-order valence-corrected chi connectivity index (χ2v) is 9.99. The Kier molecular flexibility index (Phi) is 7.15. The van der Waals surface area contributed by atoms with Crippen LogP contribution in [0, 0.1) is 11.6 Å². The van der Waals surface area contributed by atoms with Gasteiger partial charge < -0.3 is 19.5 Å². The molecule has 9 nitrogen and oxygen atoms in total. The van der Waals surface area contributed by atoms with E-state index in [2.05, 4.69) is 5.32 Å². The number of benzene rings is 2. The van der Waals surface area contributed by atoms with Gasteiger partial charge in [-0.25, -0.2) is 17.2 Å². The molecular weight excluding hydrogens is 496 g/mol. The van der Waals surface area contributed by atoms with Gasteiger partial charge in [0, 0.05) is 31.7 Å². The first kappa shape index (κ1) is 25.0. The van der Waals surface area contributed by atoms with Crippen LogP contribution in [0.15, 0.2) is 76.2 Å². The van der Waals surface area contributed by atoms with Gasteiger partial charge in [0.05, 0.1) is 11.2 Å². The van der Waals surface area contributed by atoms with E-state index in [0.29, 0.717) is 0 Å². The molecule has 1 fully saturated rings. The molecule has 1 N–H and O–H groups in total. The Morgan fingerprint density at radius 3 is 1.94 bits per heavy atom. The van der Waals surface area contributed by atoms with Crippen LogP contribution in [0.5, 0.6) is 0 Å². The molecule has 1 atom stereocenters. The number of carbonyl (C=O) groups is 3. The van der Waals surface area contributed by atoms with Crippen molar-refractivity contribution in [2.75, 3.05) is 26.2 Å². The molecule has 3 aromatic rings. The molecule has 1 aliphatic heterocycles. The van der Waals surface area contributed by atoms with Crippen molar-refractivity contribution < 1.29 is 36.0 Å². The quantitative estimate of drug-likeness (QED) is 0.501. The largest absolute Gasteiger partial charge is 0.459 e. The summed E-state index contributed by atoms with van der Waals surface area (Å²) in [6, 6.07) is 11.3. The Bertz CT molecular complexity index is 1350. The summed E-state index contributed by atoms with van der Waals surface area (Å²) in [5.74, 6) is -3.33. The molecule has 0 radical (unpaired) electrons. The number of carbonyl (C=O) groups excluding carboxylic acids is 3. The molecule has 2 heterocycles. The monoisotopic (exact) mass is 517 g/mol. The van der Waals surface area contributed by atoms with Crippen LogP contribution in [-0.4, -0.2) is 67.5 Å². The van der Waals surface area contributed by atoms with Gasteiger partial charge >= 0.3 is 0 Å². The van der Waals surface area contributed by atoms with Crippen molar-refractivity contribution in [1.82, 2.24) is 15.1 Å². The number of hydrogen-bond donors (Lipinski definition) is 1. The Hall–Kier alpha value is -4.06. The lowest BCUT2D eigenvalue weighted by Gasteiger charge is -2.36. The van der Waals surface area contributed by atoms with Gasteiger partial charge in [0.2, 0.25) is 15.2 Å². The topological polar surface area (TPSA) is 117 Å². The van der Waals surface area contributed by atoms with Crippen LogP contribution in [0.25, 0.3) is 0 Å². The number of nitrogens with zero attached hydrogens (tertiary/aromatic N) is 2. The van der Waals surface area contributed by atoms with E-state index in [0.717, 1.165) is 48.5 Å². The Balaban J connectivity index is 1.56. The average molecular weight is 518 g/mol. The molecule has 2 aromatic carbocycles. The number of sulfone groups is 1. The van der Waals surface area contributed by atoms with Gasteiger partial charge in [-0.15, -0.1) is 0 Å². The lowest BCUT2D eigenvalue weighted by molar-refractivity contribution is -0.132. The molecule has 12 heteroatoms. The predicted molar refractivity (Wildman–Crippen MR) is 122 cm³/mol. The first-order chi connectivity index (χ1) is 17.2. The van der Waals surface area contributed by atoms with E-state index in [1.807, 2.05) is 0 Å². The summed E-state index contributed by atoms with van der Waals surface area (Å²) >= 11 is 0. The second-order valence-electron chi connectivity index (χ2n) is 7.95. The van der Waals surface area contributed by atoms with Crippen LogP contribution in [0.4, 0.5) is 8.78 Å². The summed E-state index contributed by atoms with van der Waals surface area (Å²) < 4.78 is 58.5. The lowest BCUT2D eigenvalue weighted by atomic mass is 10.2. The van der Waals surface area contributed by atoms with Gasteiger partial charge in [-0.3, -0.25) is 14.4 Å². The standard InChI is InChI=1S/C24H21F2N3O6S/c25-17-5-3-16(4-6-17)21(30)27-22(36(33,34)19-9-7-18(26)8-10-19)24(32)29-13-11-28(12-14-29)23(31)20-2-1-15-35-20/h1-10,15,22H,11-14H2,(H,27,30)/t22-/m1/s1. The third kappa shape index (κ3) is 5.28. The highest BCUT2D eigenvalue weighted by molar-refractivity contribution is 7.92. The summed E-state index contributed by atoms with van der Waals surface area (Å²) in [4.78, 5) is 41.0. The first-order valence-electron chi connectivity index (χ1n) is 10.8. The molecule has 0 bridgehead atoms. The summed E-state index contributed by atoms with van der Waals surface area (Å²) in [6.45, 7) is 0.237. The highest BCUT2D eigenvalue weighted by Gasteiger charge is 2.39. The van der Waals surface area contributed by atoms with Crippen LogP contribution in [-0.2, 0) is 14.6 Å². The molecule has 0 aliphatic carbocycles. The van der Waals surface area contributed by atoms with E-state index in [4.69, 9.17) is 4.42 Å². The number of halogens is 2. The molecule has 0 saturated carbocycles. The number of furan rings is 1. The van der Waals surface area contributed by atoms with Crippen LogP contribution in [0.3, 0.4) is 0 Å². The number of hydrogen-bond acceptors (Lipinski definition) is 6. The molecule has 36 heavy (non-hydrogen) atoms. The zero-order chi connectivity index (χ0) is 25.9. The number of nitrogens with one attached hydrogen (secondary N) is 1. The van der Waals surface area contributed by atoms with E-state index in [1.54, 1.807) is 6.07 Å². The maximum atomic E-state index is 13.4. The van der Waals surface area contributed by atoms with E-state index >= 15 is 0 Å². The number of amides is 3. The van der Waals surface area contributed by atoms with E-state index in [9.17, 15) is 31.6 Å². The van der Waals surface area contributed by atoms with Crippen LogP contribution in [0.2, 0.25) is 0 Å². The highest BCUT2D eigenvalue weighted by atomic mass is 32.2. The van der Waals surface area contributed by atoms with Gasteiger partial charge in [0.1, 0.15) is 11.6 Å². The SMILES string of the molecule is O=C(N[C@@H](C(=O)N1CCN(C(=O)c2ccco2)CC1)S(=O)(=O)c1ccc(F)cc1)c1ccc(F)cc1. The van der Waals surface area contributed by atoms with Crippen molar-refractivity contribution in [2.24, 2.45) is 0 Å². The normalized spacial score (nSPS) is 14.8. The minimum atomic E-state index is -4.50. The van der Waals surface area contributed by atoms with Crippen LogP contribution >= 0.6 is 0 Å². The minimum absolute atomic E-state index is 0.00708. The molecule has 0 unspecified atom stereocenters. The number of rotatable bonds is 6. The van der Waals surface area contributed by atoms with Crippen molar-refractivity contribution in [3.63, 3.8) is 0 Å². The van der Waals surface area contributed by atoms with Crippen LogP contribution in [0.1, 0.15) is 20.9 Å². The Labute approximate surface area is 205 Å². The van der Waals surface area contributed by atoms with Crippen molar-refractivity contribution in [1.29, 1.82) is 0 Å². The zero-order valence-electron chi connectivity index (χ0n) is 18.8. The van der Waals surface area contributed by atoms with Crippen molar-refractivity contribution >= 4 is 27.6 Å². The maximum Gasteiger partial charge on any atom is 0.289 e. The Morgan fingerprint density at radius 1 is 0.833 bits per heavy atom. The fourth-order valence-electron chi connectivity index (χ4n) is 3.69. The van der Waals surface area contributed by atoms with Gasteiger partial charge in [-0.2, -0.15) is 0 Å². The summed E-state index contributed by atoms with van der Waals surface area (Å²) in [7, 11) is -4.50. The zero-order valence-corrected chi connectivity index (χ0v) is 19.6. The maximum absolute atomic E-state index is 13.4. The molecule has 1 saturated heterocycles.